The Morgan fingerprint density at radius 1 is 0.875 bits per heavy atom. The summed E-state index contributed by atoms with van der Waals surface area (Å²) in [4.78, 5) is 5.81. The Morgan fingerprint density at radius 3 is 2.33 bits per heavy atom. The normalized spacial score (nSPS) is 10.9. The predicted molar refractivity (Wildman–Crippen MR) is 103 cm³/mol. The number of aliphatic imine (C=N–C) groups is 1. The fraction of sp³-hybridized carbons (Fsp3) is 0.0952. The van der Waals surface area contributed by atoms with Crippen LogP contribution in [0.15, 0.2) is 88.8 Å². The molecule has 0 aliphatic carbocycles. The summed E-state index contributed by atoms with van der Waals surface area (Å²) in [5, 5.41) is 0. The molecule has 0 bridgehead atoms. The molecule has 2 nitrogen and oxygen atoms in total. The molecule has 0 N–H and O–H groups in total. The van der Waals surface area contributed by atoms with Crippen LogP contribution in [0, 0.1) is 0 Å². The van der Waals surface area contributed by atoms with Gasteiger partial charge in [-0.25, -0.2) is 0 Å². The molecule has 0 atom stereocenters. The predicted octanol–water partition coefficient (Wildman–Crippen LogP) is 5.74. The topological polar surface area (TPSA) is 21.6 Å². The summed E-state index contributed by atoms with van der Waals surface area (Å²) in [6, 6.07) is 26.6. The molecular formula is C21H19NOS. The van der Waals surface area contributed by atoms with Crippen molar-refractivity contribution < 1.29 is 4.74 Å². The minimum absolute atomic E-state index is 0.841. The maximum absolute atomic E-state index is 5.17. The molecule has 0 aliphatic heterocycles. The summed E-state index contributed by atoms with van der Waals surface area (Å²) in [6.45, 7) is 0. The summed E-state index contributed by atoms with van der Waals surface area (Å²) in [7, 11) is 1.67. The Hall–Kier alpha value is -2.52. The first-order valence-corrected chi connectivity index (χ1v) is 8.77. The first-order valence-electron chi connectivity index (χ1n) is 7.79. The second-order valence-electron chi connectivity index (χ2n) is 5.27. The quantitative estimate of drug-likeness (QED) is 0.424. The van der Waals surface area contributed by atoms with E-state index in [-0.39, 0.29) is 0 Å². The van der Waals surface area contributed by atoms with Gasteiger partial charge in [-0.05, 0) is 35.9 Å². The summed E-state index contributed by atoms with van der Waals surface area (Å²) < 4.78 is 5.17. The summed E-state index contributed by atoms with van der Waals surface area (Å²) in [5.74, 6) is 1.79. The molecule has 0 amide bonds. The van der Waals surface area contributed by atoms with Crippen molar-refractivity contribution in [1.82, 2.24) is 0 Å². The van der Waals surface area contributed by atoms with Gasteiger partial charge in [-0.15, -0.1) is 11.8 Å². The second-order valence-corrected chi connectivity index (χ2v) is 6.29. The van der Waals surface area contributed by atoms with Crippen molar-refractivity contribution in [3.05, 3.63) is 90.0 Å². The Balaban J connectivity index is 1.72. The molecule has 0 fully saturated rings. The molecule has 0 saturated heterocycles. The SMILES string of the molecule is COc1ccc(N=Cc2ccccc2SCc2ccccc2)cc1. The van der Waals surface area contributed by atoms with Gasteiger partial charge in [0.25, 0.3) is 0 Å². The summed E-state index contributed by atoms with van der Waals surface area (Å²) in [5.41, 5.74) is 3.37. The largest absolute Gasteiger partial charge is 0.497 e. The monoisotopic (exact) mass is 333 g/mol. The van der Waals surface area contributed by atoms with E-state index in [2.05, 4.69) is 47.5 Å². The highest BCUT2D eigenvalue weighted by Crippen LogP contribution is 2.26. The summed E-state index contributed by atoms with van der Waals surface area (Å²) >= 11 is 1.83. The number of hydrogen-bond acceptors (Lipinski definition) is 3. The third-order valence-corrected chi connectivity index (χ3v) is 4.74. The van der Waals surface area contributed by atoms with Gasteiger partial charge >= 0.3 is 0 Å². The number of ether oxygens (including phenoxy) is 1. The third kappa shape index (κ3) is 4.49. The number of benzene rings is 3. The van der Waals surface area contributed by atoms with Crippen molar-refractivity contribution in [3.8, 4) is 5.75 Å². The Morgan fingerprint density at radius 2 is 1.58 bits per heavy atom. The zero-order chi connectivity index (χ0) is 16.6. The highest BCUT2D eigenvalue weighted by molar-refractivity contribution is 7.98. The average Bonchev–Trinajstić information content (AvgIpc) is 2.66. The van der Waals surface area contributed by atoms with Crippen LogP contribution in [-0.4, -0.2) is 13.3 Å². The van der Waals surface area contributed by atoms with Crippen molar-refractivity contribution in [2.45, 2.75) is 10.6 Å². The molecule has 120 valence electrons. The van der Waals surface area contributed by atoms with E-state index in [1.54, 1.807) is 7.11 Å². The minimum atomic E-state index is 0.841. The van der Waals surface area contributed by atoms with Crippen LogP contribution in [0.5, 0.6) is 5.75 Å². The highest BCUT2D eigenvalue weighted by Gasteiger charge is 2.01. The molecule has 0 aliphatic rings. The van der Waals surface area contributed by atoms with Crippen molar-refractivity contribution >= 4 is 23.7 Å². The lowest BCUT2D eigenvalue weighted by atomic mass is 10.2. The lowest BCUT2D eigenvalue weighted by molar-refractivity contribution is 0.415. The van der Waals surface area contributed by atoms with Crippen LogP contribution in [0.4, 0.5) is 5.69 Å². The van der Waals surface area contributed by atoms with E-state index >= 15 is 0 Å². The van der Waals surface area contributed by atoms with E-state index in [4.69, 9.17) is 4.74 Å². The summed E-state index contributed by atoms with van der Waals surface area (Å²) in [6.07, 6.45) is 1.93. The Kier molecular flexibility index (Phi) is 5.70. The molecule has 0 unspecified atom stereocenters. The minimum Gasteiger partial charge on any atom is -0.497 e. The van der Waals surface area contributed by atoms with E-state index in [0.29, 0.717) is 0 Å². The van der Waals surface area contributed by atoms with Gasteiger partial charge in [-0.3, -0.25) is 4.99 Å². The molecular weight excluding hydrogens is 314 g/mol. The van der Waals surface area contributed by atoms with E-state index in [1.807, 2.05) is 54.4 Å². The van der Waals surface area contributed by atoms with Crippen molar-refractivity contribution in [2.24, 2.45) is 4.99 Å². The number of methoxy groups -OCH3 is 1. The molecule has 0 aromatic heterocycles. The van der Waals surface area contributed by atoms with Crippen molar-refractivity contribution in [2.75, 3.05) is 7.11 Å². The molecule has 24 heavy (non-hydrogen) atoms. The van der Waals surface area contributed by atoms with Crippen LogP contribution in [0.1, 0.15) is 11.1 Å². The van der Waals surface area contributed by atoms with Crippen LogP contribution >= 0.6 is 11.8 Å². The number of hydrogen-bond donors (Lipinski definition) is 0. The number of nitrogens with zero attached hydrogens (tertiary/aromatic N) is 1. The molecule has 3 aromatic rings. The van der Waals surface area contributed by atoms with Crippen LogP contribution in [0.3, 0.4) is 0 Å². The Labute approximate surface area is 147 Å². The first-order chi connectivity index (χ1) is 11.8. The van der Waals surface area contributed by atoms with Gasteiger partial charge in [-0.1, -0.05) is 48.5 Å². The first kappa shape index (κ1) is 16.3. The number of thioether (sulfide) groups is 1. The van der Waals surface area contributed by atoms with E-state index in [1.165, 1.54) is 10.5 Å². The smallest absolute Gasteiger partial charge is 0.119 e. The van der Waals surface area contributed by atoms with Gasteiger partial charge in [0, 0.05) is 22.4 Å². The van der Waals surface area contributed by atoms with Gasteiger partial charge in [-0.2, -0.15) is 0 Å². The molecule has 3 rings (SSSR count). The number of rotatable bonds is 6. The fourth-order valence-corrected chi connectivity index (χ4v) is 3.24. The van der Waals surface area contributed by atoms with Crippen LogP contribution < -0.4 is 4.74 Å². The van der Waals surface area contributed by atoms with Gasteiger partial charge < -0.3 is 4.74 Å². The fourth-order valence-electron chi connectivity index (χ4n) is 2.27. The van der Waals surface area contributed by atoms with Crippen LogP contribution in [0.2, 0.25) is 0 Å². The van der Waals surface area contributed by atoms with Crippen molar-refractivity contribution in [3.63, 3.8) is 0 Å². The average molecular weight is 333 g/mol. The molecule has 0 spiro atoms. The second kappa shape index (κ2) is 8.37. The zero-order valence-electron chi connectivity index (χ0n) is 13.6. The van der Waals surface area contributed by atoms with Crippen LogP contribution in [-0.2, 0) is 5.75 Å². The van der Waals surface area contributed by atoms with Gasteiger partial charge in [0.2, 0.25) is 0 Å². The standard InChI is InChI=1S/C21H19NOS/c1-23-20-13-11-19(12-14-20)22-15-18-9-5-6-10-21(18)24-16-17-7-3-2-4-8-17/h2-15H,16H2,1H3. The van der Waals surface area contributed by atoms with E-state index in [0.717, 1.165) is 22.8 Å². The molecule has 3 heteroatoms. The van der Waals surface area contributed by atoms with E-state index in [9.17, 15) is 0 Å². The van der Waals surface area contributed by atoms with Gasteiger partial charge in [0.05, 0.1) is 12.8 Å². The zero-order valence-corrected chi connectivity index (χ0v) is 14.4. The Bertz CT molecular complexity index is 798. The van der Waals surface area contributed by atoms with Gasteiger partial charge in [0.15, 0.2) is 0 Å². The molecule has 0 radical (unpaired) electrons. The highest BCUT2D eigenvalue weighted by atomic mass is 32.2. The lowest BCUT2D eigenvalue weighted by Gasteiger charge is -2.06. The molecule has 0 saturated carbocycles. The van der Waals surface area contributed by atoms with E-state index < -0.39 is 0 Å². The third-order valence-electron chi connectivity index (χ3n) is 3.58. The van der Waals surface area contributed by atoms with Crippen LogP contribution in [0.25, 0.3) is 0 Å². The molecule has 3 aromatic carbocycles. The molecule has 0 heterocycles. The maximum atomic E-state index is 5.17. The van der Waals surface area contributed by atoms with Gasteiger partial charge in [0.1, 0.15) is 5.75 Å². The lowest BCUT2D eigenvalue weighted by Crippen LogP contribution is -1.87. The maximum Gasteiger partial charge on any atom is 0.119 e. The van der Waals surface area contributed by atoms with Crippen molar-refractivity contribution in [1.29, 1.82) is 0 Å².